The molecule has 0 saturated carbocycles. The molecule has 0 radical (unpaired) electrons. The number of hydrogen-bond acceptors (Lipinski definition) is 7. The van der Waals surface area contributed by atoms with Gasteiger partial charge in [0.15, 0.2) is 0 Å². The van der Waals surface area contributed by atoms with Crippen molar-refractivity contribution in [3.63, 3.8) is 0 Å². The molecule has 12 nitrogen and oxygen atoms in total. The normalized spacial score (nSPS) is 13.7. The number of hydrogen-bond donors (Lipinski definition) is 4. The maximum atomic E-state index is 12.7. The fourth-order valence-electron chi connectivity index (χ4n) is 3.58. The highest BCUT2D eigenvalue weighted by atomic mass is 19.4. The predicted molar refractivity (Wildman–Crippen MR) is 134 cm³/mol. The van der Waals surface area contributed by atoms with Crippen LogP contribution in [0.15, 0.2) is 48.8 Å². The molecule has 1 fully saturated rings. The molecule has 4 rings (SSSR count). The smallest absolute Gasteiger partial charge is 0.475 e. The lowest BCUT2D eigenvalue weighted by Gasteiger charge is -2.31. The minimum absolute atomic E-state index is 0.0621. The zero-order valence-corrected chi connectivity index (χ0v) is 21.8. The van der Waals surface area contributed by atoms with E-state index in [-0.39, 0.29) is 12.0 Å². The van der Waals surface area contributed by atoms with Crippen molar-refractivity contribution < 1.29 is 65.6 Å². The van der Waals surface area contributed by atoms with E-state index in [1.807, 2.05) is 41.1 Å². The molecule has 0 aliphatic carbocycles. The summed E-state index contributed by atoms with van der Waals surface area (Å²) in [6, 6.07) is 11.3. The van der Waals surface area contributed by atoms with Crippen molar-refractivity contribution in [2.45, 2.75) is 37.8 Å². The number of carboxylic acids is 2. The number of likely N-dealkylation sites (tertiary alicyclic amines) is 1. The number of nitrogens with two attached hydrogens (primary N) is 1. The van der Waals surface area contributed by atoms with Crippen LogP contribution in [0.1, 0.15) is 28.8 Å². The van der Waals surface area contributed by atoms with E-state index in [2.05, 4.69) is 4.98 Å². The average Bonchev–Trinajstić information content (AvgIpc) is 3.36. The van der Waals surface area contributed by atoms with Gasteiger partial charge >= 0.3 is 30.4 Å². The highest BCUT2D eigenvalue weighted by molar-refractivity contribution is 5.94. The average molecular weight is 622 g/mol. The Morgan fingerprint density at radius 1 is 0.907 bits per heavy atom. The number of carbonyl (C=O) groups excluding carboxylic acids is 1. The van der Waals surface area contributed by atoms with E-state index in [4.69, 9.17) is 35.4 Å². The van der Waals surface area contributed by atoms with Crippen LogP contribution in [0.3, 0.4) is 0 Å². The fourth-order valence-corrected chi connectivity index (χ4v) is 3.58. The van der Waals surface area contributed by atoms with Crippen molar-refractivity contribution >= 4 is 29.6 Å². The van der Waals surface area contributed by atoms with Crippen molar-refractivity contribution in [1.82, 2.24) is 14.3 Å². The molecule has 0 spiro atoms. The Bertz CT molecular complexity index is 1410. The summed E-state index contributed by atoms with van der Waals surface area (Å²) in [4.78, 5) is 47.5. The molecule has 0 atom stereocenters. The number of imidazole rings is 1. The molecule has 43 heavy (non-hydrogen) atoms. The number of rotatable bonds is 4. The Morgan fingerprint density at radius 2 is 1.42 bits per heavy atom. The van der Waals surface area contributed by atoms with Gasteiger partial charge in [-0.15, -0.1) is 0 Å². The van der Waals surface area contributed by atoms with Crippen LogP contribution in [-0.2, 0) is 20.9 Å². The third kappa shape index (κ3) is 10.5. The summed E-state index contributed by atoms with van der Waals surface area (Å²) in [6.45, 7) is 1.43. The molecule has 1 aliphatic heterocycles. The Hall–Kier alpha value is -4.87. The number of amides is 1. The molecule has 1 aliphatic rings. The van der Waals surface area contributed by atoms with Gasteiger partial charge in [-0.2, -0.15) is 26.3 Å². The van der Waals surface area contributed by atoms with E-state index in [0.717, 1.165) is 22.5 Å². The maximum Gasteiger partial charge on any atom is 0.506 e. The number of benzene rings is 1. The molecule has 0 unspecified atom stereocenters. The third-order valence-corrected chi connectivity index (χ3v) is 5.67. The van der Waals surface area contributed by atoms with Gasteiger partial charge in [0, 0.05) is 56.0 Å². The van der Waals surface area contributed by atoms with Crippen LogP contribution in [0.5, 0.6) is 0 Å². The van der Waals surface area contributed by atoms with Crippen LogP contribution in [0.4, 0.5) is 31.1 Å². The van der Waals surface area contributed by atoms with Gasteiger partial charge in [0.25, 0.3) is 5.91 Å². The number of piperidine rings is 1. The van der Waals surface area contributed by atoms with Crippen LogP contribution in [0, 0.1) is 0 Å². The van der Waals surface area contributed by atoms with Crippen LogP contribution >= 0.6 is 0 Å². The van der Waals surface area contributed by atoms with Gasteiger partial charge in [0.2, 0.25) is 0 Å². The summed E-state index contributed by atoms with van der Waals surface area (Å²) in [6.07, 6.45) is -6.86. The third-order valence-electron chi connectivity index (χ3n) is 5.67. The molecule has 0 bridgehead atoms. The molecular weight excluding hydrogens is 598 g/mol. The number of fused-ring (bicyclic) bond motifs is 1. The topological polar surface area (TPSA) is 185 Å². The second-order valence-electron chi connectivity index (χ2n) is 8.69. The quantitative estimate of drug-likeness (QED) is 0.245. The van der Waals surface area contributed by atoms with Gasteiger partial charge in [0.1, 0.15) is 11.8 Å². The molecule has 5 N–H and O–H groups in total. The van der Waals surface area contributed by atoms with E-state index < -0.39 is 30.4 Å². The number of aliphatic carboxylic acids is 2. The Kier molecular flexibility index (Phi) is 11.5. The molecule has 3 heterocycles. The Labute approximate surface area is 237 Å². The van der Waals surface area contributed by atoms with E-state index in [0.29, 0.717) is 38.0 Å². The van der Waals surface area contributed by atoms with Crippen LogP contribution in [0.2, 0.25) is 0 Å². The largest absolute Gasteiger partial charge is 0.506 e. The summed E-state index contributed by atoms with van der Waals surface area (Å²) in [5, 5.41) is 22.9. The molecule has 1 saturated heterocycles. The molecule has 3 aromatic rings. The summed E-state index contributed by atoms with van der Waals surface area (Å²) in [5.74, 6) is -5.58. The van der Waals surface area contributed by atoms with Gasteiger partial charge in [0.05, 0.1) is 5.69 Å². The van der Waals surface area contributed by atoms with Gasteiger partial charge in [-0.3, -0.25) is 4.79 Å². The summed E-state index contributed by atoms with van der Waals surface area (Å²) in [7, 11) is 0. The predicted octanol–water partition coefficient (Wildman–Crippen LogP) is 4.03. The first kappa shape index (κ1) is 34.3. The SMILES string of the molecule is NCc1ccn2cc(-c3ccc(C(=O)N4CCC(OC(=O)O)CC4)cc3)nc2c1.O=C(O)C(F)(F)F.O=C(O)C(F)(F)F. The number of halogens is 6. The molecule has 18 heteroatoms. The minimum atomic E-state index is -5.08. The molecular formula is C25H24F6N4O8. The lowest BCUT2D eigenvalue weighted by atomic mass is 10.0. The molecule has 234 valence electrons. The summed E-state index contributed by atoms with van der Waals surface area (Å²) in [5.41, 5.74) is 9.88. The first-order valence-electron chi connectivity index (χ1n) is 12.0. The van der Waals surface area contributed by atoms with E-state index in [1.54, 1.807) is 17.0 Å². The zero-order valence-electron chi connectivity index (χ0n) is 21.8. The van der Waals surface area contributed by atoms with Gasteiger partial charge in [-0.1, -0.05) is 12.1 Å². The molecule has 1 amide bonds. The monoisotopic (exact) mass is 622 g/mol. The molecule has 2 aromatic heterocycles. The van der Waals surface area contributed by atoms with Crippen molar-refractivity contribution in [3.8, 4) is 11.3 Å². The van der Waals surface area contributed by atoms with Crippen molar-refractivity contribution in [2.75, 3.05) is 13.1 Å². The fraction of sp³-hybridized carbons (Fsp3) is 0.320. The number of nitrogens with zero attached hydrogens (tertiary/aromatic N) is 3. The number of carboxylic acid groups (broad SMARTS) is 3. The first-order chi connectivity index (χ1) is 19.9. The highest BCUT2D eigenvalue weighted by Gasteiger charge is 2.38. The number of ether oxygens (including phenoxy) is 1. The first-order valence-corrected chi connectivity index (χ1v) is 12.0. The number of alkyl halides is 6. The van der Waals surface area contributed by atoms with Crippen molar-refractivity contribution in [3.05, 3.63) is 59.9 Å². The van der Waals surface area contributed by atoms with Crippen molar-refractivity contribution in [1.29, 1.82) is 0 Å². The second kappa shape index (κ2) is 14.3. The van der Waals surface area contributed by atoms with E-state index in [9.17, 15) is 35.9 Å². The van der Waals surface area contributed by atoms with E-state index in [1.165, 1.54) is 0 Å². The summed E-state index contributed by atoms with van der Waals surface area (Å²) < 4.78 is 70.2. The second-order valence-corrected chi connectivity index (χ2v) is 8.69. The number of aromatic nitrogens is 2. The van der Waals surface area contributed by atoms with Crippen LogP contribution < -0.4 is 5.73 Å². The summed E-state index contributed by atoms with van der Waals surface area (Å²) >= 11 is 0. The van der Waals surface area contributed by atoms with Crippen LogP contribution in [-0.4, -0.2) is 85.2 Å². The lowest BCUT2D eigenvalue weighted by Crippen LogP contribution is -2.41. The maximum absolute atomic E-state index is 12.7. The lowest BCUT2D eigenvalue weighted by molar-refractivity contribution is -0.193. The number of carbonyl (C=O) groups is 4. The Balaban J connectivity index is 0.000000384. The van der Waals surface area contributed by atoms with Crippen molar-refractivity contribution in [2.24, 2.45) is 5.73 Å². The van der Waals surface area contributed by atoms with Gasteiger partial charge < -0.3 is 35.1 Å². The minimum Gasteiger partial charge on any atom is -0.475 e. The van der Waals surface area contributed by atoms with E-state index >= 15 is 0 Å². The zero-order chi connectivity index (χ0) is 32.5. The Morgan fingerprint density at radius 3 is 1.86 bits per heavy atom. The van der Waals surface area contributed by atoms with Gasteiger partial charge in [-0.05, 0) is 29.8 Å². The van der Waals surface area contributed by atoms with Gasteiger partial charge in [-0.25, -0.2) is 19.4 Å². The molecule has 1 aromatic carbocycles. The highest BCUT2D eigenvalue weighted by Crippen LogP contribution is 2.22. The number of pyridine rings is 1. The standard InChI is InChI=1S/C21H22N4O4.2C2HF3O2/c22-12-14-5-8-25-13-18(23-19(25)11-14)15-1-3-16(4-2-15)20(26)24-9-6-17(7-10-24)29-21(27)28;2*3-2(4,5)1(6)7/h1-5,8,11,13,17H,6-7,9-10,12,22H2,(H,27,28);2*(H,6,7). The van der Waals surface area contributed by atoms with Crippen LogP contribution in [0.25, 0.3) is 16.9 Å².